The minimum absolute atomic E-state index is 0.0130. The van der Waals surface area contributed by atoms with Gasteiger partial charge in [0.15, 0.2) is 0 Å². The first kappa shape index (κ1) is 14.9. The molecule has 0 saturated heterocycles. The Bertz CT molecular complexity index is 511. The van der Waals surface area contributed by atoms with Crippen LogP contribution < -0.4 is 0 Å². The summed E-state index contributed by atoms with van der Waals surface area (Å²) in [4.78, 5) is 14.1. The van der Waals surface area contributed by atoms with E-state index < -0.39 is 0 Å². The van der Waals surface area contributed by atoms with Gasteiger partial charge in [0, 0.05) is 44.2 Å². The highest BCUT2D eigenvalue weighted by atomic mass is 35.5. The number of hydrogen-bond donors (Lipinski definition) is 1. The molecule has 1 aromatic rings. The summed E-state index contributed by atoms with van der Waals surface area (Å²) in [5.74, 6) is 0.660. The molecular weight excluding hydrogens is 278 g/mol. The highest BCUT2D eigenvalue weighted by molar-refractivity contribution is 6.17. The van der Waals surface area contributed by atoms with Crippen molar-refractivity contribution >= 4 is 23.2 Å². The standard InChI is InChI=1S/C14H20ClN3O2/c1-17-9-6-12(16-20)11-5-10-18(13(11)14(17)19)8-4-2-3-7-15/h5,10,20H,2-4,6-9H2,1H3. The summed E-state index contributed by atoms with van der Waals surface area (Å²) in [6.07, 6.45) is 5.48. The fraction of sp³-hybridized carbons (Fsp3) is 0.571. The summed E-state index contributed by atoms with van der Waals surface area (Å²) in [5.41, 5.74) is 1.96. The number of carbonyl (C=O) groups excluding carboxylic acids is 1. The maximum absolute atomic E-state index is 12.4. The number of oxime groups is 1. The zero-order valence-electron chi connectivity index (χ0n) is 11.7. The van der Waals surface area contributed by atoms with Gasteiger partial charge < -0.3 is 14.7 Å². The van der Waals surface area contributed by atoms with E-state index in [1.165, 1.54) is 0 Å². The molecule has 0 aromatic carbocycles. The molecule has 0 unspecified atom stereocenters. The van der Waals surface area contributed by atoms with Gasteiger partial charge in [0.25, 0.3) is 5.91 Å². The molecule has 1 aliphatic heterocycles. The number of hydrogen-bond acceptors (Lipinski definition) is 3. The number of alkyl halides is 1. The third-order valence-electron chi connectivity index (χ3n) is 3.66. The van der Waals surface area contributed by atoms with E-state index in [2.05, 4.69) is 5.16 Å². The van der Waals surface area contributed by atoms with Gasteiger partial charge in [0.2, 0.25) is 0 Å². The van der Waals surface area contributed by atoms with Gasteiger partial charge >= 0.3 is 0 Å². The fourth-order valence-corrected chi connectivity index (χ4v) is 2.67. The normalized spacial score (nSPS) is 17.4. The van der Waals surface area contributed by atoms with Crippen LogP contribution in [0.15, 0.2) is 17.4 Å². The number of halogens is 1. The summed E-state index contributed by atoms with van der Waals surface area (Å²) in [6, 6.07) is 1.86. The summed E-state index contributed by atoms with van der Waals surface area (Å²) >= 11 is 5.67. The Hall–Kier alpha value is -1.49. The molecule has 0 saturated carbocycles. The Balaban J connectivity index is 2.24. The second-order valence-corrected chi connectivity index (χ2v) is 5.42. The Kier molecular flexibility index (Phi) is 5.06. The van der Waals surface area contributed by atoms with E-state index in [0.717, 1.165) is 31.4 Å². The molecule has 1 N–H and O–H groups in total. The van der Waals surface area contributed by atoms with E-state index in [9.17, 15) is 4.79 Å². The molecule has 0 fully saturated rings. The van der Waals surface area contributed by atoms with E-state index in [-0.39, 0.29) is 5.91 Å². The SMILES string of the molecule is CN1CCC(=NO)c2ccn(CCCCCCl)c2C1=O. The number of nitrogens with zero attached hydrogens (tertiary/aromatic N) is 3. The zero-order valence-corrected chi connectivity index (χ0v) is 12.4. The molecule has 1 aliphatic rings. The van der Waals surface area contributed by atoms with Crippen molar-refractivity contribution in [3.63, 3.8) is 0 Å². The average molecular weight is 298 g/mol. The van der Waals surface area contributed by atoms with E-state index in [1.54, 1.807) is 11.9 Å². The molecule has 0 spiro atoms. The van der Waals surface area contributed by atoms with Crippen molar-refractivity contribution in [3.8, 4) is 0 Å². The molecule has 20 heavy (non-hydrogen) atoms. The number of carbonyl (C=O) groups is 1. The Morgan fingerprint density at radius 2 is 2.20 bits per heavy atom. The molecule has 0 aliphatic carbocycles. The molecule has 1 amide bonds. The number of aromatic nitrogens is 1. The van der Waals surface area contributed by atoms with Crippen molar-refractivity contribution in [1.82, 2.24) is 9.47 Å². The van der Waals surface area contributed by atoms with Gasteiger partial charge in [-0.1, -0.05) is 11.6 Å². The minimum atomic E-state index is -0.0130. The van der Waals surface area contributed by atoms with Crippen LogP contribution in [0.4, 0.5) is 0 Å². The second kappa shape index (κ2) is 6.79. The van der Waals surface area contributed by atoms with E-state index in [4.69, 9.17) is 16.8 Å². The molecular formula is C14H20ClN3O2. The predicted molar refractivity (Wildman–Crippen MR) is 78.9 cm³/mol. The van der Waals surface area contributed by atoms with Crippen LogP contribution in [-0.2, 0) is 6.54 Å². The summed E-state index contributed by atoms with van der Waals surface area (Å²) in [7, 11) is 1.78. The Labute approximate surface area is 123 Å². The number of amides is 1. The average Bonchev–Trinajstić information content (AvgIpc) is 2.82. The van der Waals surface area contributed by atoms with Gasteiger partial charge in [-0.25, -0.2) is 0 Å². The molecule has 2 heterocycles. The highest BCUT2D eigenvalue weighted by Crippen LogP contribution is 2.21. The Morgan fingerprint density at radius 1 is 1.40 bits per heavy atom. The lowest BCUT2D eigenvalue weighted by Gasteiger charge is -2.15. The van der Waals surface area contributed by atoms with E-state index in [0.29, 0.717) is 30.3 Å². The van der Waals surface area contributed by atoms with Crippen LogP contribution in [0.2, 0.25) is 0 Å². The summed E-state index contributed by atoms with van der Waals surface area (Å²) in [5, 5.41) is 12.5. The zero-order chi connectivity index (χ0) is 14.5. The maximum atomic E-state index is 12.4. The second-order valence-electron chi connectivity index (χ2n) is 5.04. The third-order valence-corrected chi connectivity index (χ3v) is 3.93. The van der Waals surface area contributed by atoms with Crippen LogP contribution in [0, 0.1) is 0 Å². The molecule has 2 rings (SSSR count). The van der Waals surface area contributed by atoms with Gasteiger partial charge in [-0.15, -0.1) is 11.6 Å². The van der Waals surface area contributed by atoms with Crippen LogP contribution in [0.1, 0.15) is 41.7 Å². The predicted octanol–water partition coefficient (Wildman–Crippen LogP) is 2.55. The number of rotatable bonds is 5. The van der Waals surface area contributed by atoms with Crippen LogP contribution in [0.3, 0.4) is 0 Å². The lowest BCUT2D eigenvalue weighted by Crippen LogP contribution is -2.28. The molecule has 0 radical (unpaired) electrons. The monoisotopic (exact) mass is 297 g/mol. The molecule has 110 valence electrons. The third kappa shape index (κ3) is 2.98. The highest BCUT2D eigenvalue weighted by Gasteiger charge is 2.27. The van der Waals surface area contributed by atoms with Crippen LogP contribution in [-0.4, -0.2) is 45.8 Å². The van der Waals surface area contributed by atoms with Crippen LogP contribution in [0.25, 0.3) is 0 Å². The molecule has 0 atom stereocenters. The molecule has 0 bridgehead atoms. The van der Waals surface area contributed by atoms with Crippen molar-refractivity contribution in [1.29, 1.82) is 0 Å². The number of aryl methyl sites for hydroxylation is 1. The van der Waals surface area contributed by atoms with Crippen LogP contribution >= 0.6 is 11.6 Å². The number of unbranched alkanes of at least 4 members (excludes halogenated alkanes) is 2. The summed E-state index contributed by atoms with van der Waals surface area (Å²) in [6.45, 7) is 1.35. The smallest absolute Gasteiger partial charge is 0.270 e. The van der Waals surface area contributed by atoms with Crippen molar-refractivity contribution in [2.45, 2.75) is 32.2 Å². The van der Waals surface area contributed by atoms with Crippen molar-refractivity contribution in [2.75, 3.05) is 19.5 Å². The van der Waals surface area contributed by atoms with Gasteiger partial charge in [-0.05, 0) is 18.9 Å². The molecule has 1 aromatic heterocycles. The van der Waals surface area contributed by atoms with Crippen LogP contribution in [0.5, 0.6) is 0 Å². The summed E-state index contributed by atoms with van der Waals surface area (Å²) < 4.78 is 1.96. The quantitative estimate of drug-likeness (QED) is 0.393. The van der Waals surface area contributed by atoms with Gasteiger partial charge in [0.1, 0.15) is 5.69 Å². The molecule has 5 nitrogen and oxygen atoms in total. The van der Waals surface area contributed by atoms with Gasteiger partial charge in [0.05, 0.1) is 5.71 Å². The van der Waals surface area contributed by atoms with E-state index in [1.807, 2.05) is 16.8 Å². The van der Waals surface area contributed by atoms with Crippen molar-refractivity contribution in [2.24, 2.45) is 5.16 Å². The lowest BCUT2D eigenvalue weighted by molar-refractivity contribution is 0.0791. The lowest BCUT2D eigenvalue weighted by atomic mass is 10.1. The van der Waals surface area contributed by atoms with Crippen molar-refractivity contribution in [3.05, 3.63) is 23.5 Å². The minimum Gasteiger partial charge on any atom is -0.411 e. The maximum Gasteiger partial charge on any atom is 0.270 e. The first-order valence-electron chi connectivity index (χ1n) is 6.91. The van der Waals surface area contributed by atoms with Gasteiger partial charge in [-0.2, -0.15) is 0 Å². The number of fused-ring (bicyclic) bond motifs is 1. The van der Waals surface area contributed by atoms with Crippen molar-refractivity contribution < 1.29 is 10.0 Å². The fourth-order valence-electron chi connectivity index (χ4n) is 2.48. The Morgan fingerprint density at radius 3 is 2.90 bits per heavy atom. The first-order valence-corrected chi connectivity index (χ1v) is 7.44. The topological polar surface area (TPSA) is 57.8 Å². The largest absolute Gasteiger partial charge is 0.411 e. The first-order chi connectivity index (χ1) is 9.69. The van der Waals surface area contributed by atoms with Gasteiger partial charge in [-0.3, -0.25) is 4.79 Å². The molecule has 6 heteroatoms. The van der Waals surface area contributed by atoms with E-state index >= 15 is 0 Å².